The number of aromatic hydroxyl groups is 1. The summed E-state index contributed by atoms with van der Waals surface area (Å²) < 4.78 is 14.2. The highest BCUT2D eigenvalue weighted by Crippen LogP contribution is 2.39. The third-order valence-corrected chi connectivity index (χ3v) is 3.94. The number of rotatable bonds is 4. The average Bonchev–Trinajstić information content (AvgIpc) is 2.43. The first-order valence-corrected chi connectivity index (χ1v) is 7.00. The van der Waals surface area contributed by atoms with Crippen LogP contribution in [0.5, 0.6) is 5.75 Å². The molecule has 1 aromatic carbocycles. The van der Waals surface area contributed by atoms with Crippen molar-refractivity contribution in [1.82, 2.24) is 10.2 Å². The summed E-state index contributed by atoms with van der Waals surface area (Å²) >= 11 is 0. The second-order valence-electron chi connectivity index (χ2n) is 6.04. The maximum atomic E-state index is 14.2. The van der Waals surface area contributed by atoms with Gasteiger partial charge >= 0.3 is 0 Å². The number of phenolic OH excluding ortho intramolecular Hbond substituents is 1. The molecule has 0 saturated carbocycles. The third kappa shape index (κ3) is 3.11. The highest BCUT2D eigenvalue weighted by atomic mass is 19.1. The number of nitrogens with zero attached hydrogens (tertiary/aromatic N) is 1. The molecule has 1 heterocycles. The Morgan fingerprint density at radius 3 is 2.55 bits per heavy atom. The molecule has 0 bridgehead atoms. The molecule has 112 valence electrons. The maximum absolute atomic E-state index is 14.2. The molecule has 0 unspecified atom stereocenters. The molecule has 2 rings (SSSR count). The number of hydrogen-bond donors (Lipinski definition) is 3. The molecule has 1 saturated heterocycles. The Morgan fingerprint density at radius 1 is 1.35 bits per heavy atom. The minimum Gasteiger partial charge on any atom is -0.508 e. The molecule has 4 nitrogen and oxygen atoms in total. The lowest BCUT2D eigenvalue weighted by Crippen LogP contribution is -2.49. The molecule has 0 aromatic heterocycles. The monoisotopic (exact) mass is 282 g/mol. The fourth-order valence-corrected chi connectivity index (χ4v) is 2.88. The number of aliphatic hydroxyl groups is 1. The van der Waals surface area contributed by atoms with Gasteiger partial charge in [0.25, 0.3) is 0 Å². The van der Waals surface area contributed by atoms with Crippen LogP contribution in [0, 0.1) is 11.2 Å². The van der Waals surface area contributed by atoms with Crippen LogP contribution in [0.25, 0.3) is 0 Å². The van der Waals surface area contributed by atoms with E-state index in [1.54, 1.807) is 6.07 Å². The summed E-state index contributed by atoms with van der Waals surface area (Å²) in [5, 5.41) is 22.3. The number of aliphatic hydroxyl groups excluding tert-OH is 1. The van der Waals surface area contributed by atoms with E-state index in [0.29, 0.717) is 5.56 Å². The Bertz CT molecular complexity index is 459. The summed E-state index contributed by atoms with van der Waals surface area (Å²) in [4.78, 5) is 2.20. The van der Waals surface area contributed by atoms with Gasteiger partial charge in [0.15, 0.2) is 0 Å². The third-order valence-electron chi connectivity index (χ3n) is 3.94. The van der Waals surface area contributed by atoms with Crippen LogP contribution in [0.1, 0.15) is 25.5 Å². The molecule has 0 amide bonds. The van der Waals surface area contributed by atoms with Gasteiger partial charge in [-0.3, -0.25) is 4.90 Å². The molecule has 3 N–H and O–H groups in total. The van der Waals surface area contributed by atoms with Gasteiger partial charge in [-0.1, -0.05) is 19.9 Å². The molecule has 1 aliphatic heterocycles. The van der Waals surface area contributed by atoms with Crippen LogP contribution >= 0.6 is 0 Å². The van der Waals surface area contributed by atoms with Gasteiger partial charge in [-0.25, -0.2) is 4.39 Å². The zero-order chi connectivity index (χ0) is 14.8. The number of phenols is 1. The topological polar surface area (TPSA) is 55.7 Å². The minimum atomic E-state index is -0.463. The zero-order valence-corrected chi connectivity index (χ0v) is 12.1. The molecule has 0 radical (unpaired) electrons. The van der Waals surface area contributed by atoms with Crippen LogP contribution in [0.15, 0.2) is 18.2 Å². The van der Waals surface area contributed by atoms with Crippen LogP contribution in [-0.4, -0.2) is 47.9 Å². The molecule has 1 fully saturated rings. The fourth-order valence-electron chi connectivity index (χ4n) is 2.88. The van der Waals surface area contributed by atoms with Crippen molar-refractivity contribution < 1.29 is 14.6 Å². The molecule has 0 aliphatic carbocycles. The summed E-state index contributed by atoms with van der Waals surface area (Å²) in [6.45, 7) is 7.19. The second-order valence-corrected chi connectivity index (χ2v) is 6.04. The van der Waals surface area contributed by atoms with E-state index in [-0.39, 0.29) is 18.4 Å². The summed E-state index contributed by atoms with van der Waals surface area (Å²) in [6, 6.07) is 4.04. The van der Waals surface area contributed by atoms with Gasteiger partial charge in [0.05, 0.1) is 0 Å². The van der Waals surface area contributed by atoms with Crippen LogP contribution < -0.4 is 5.32 Å². The summed E-state index contributed by atoms with van der Waals surface area (Å²) in [7, 11) is 0. The van der Waals surface area contributed by atoms with E-state index in [1.165, 1.54) is 6.07 Å². The van der Waals surface area contributed by atoms with Crippen LogP contribution in [-0.2, 0) is 0 Å². The first-order chi connectivity index (χ1) is 9.45. The molecule has 1 atom stereocenters. The smallest absolute Gasteiger partial charge is 0.131 e. The normalized spacial score (nSPS) is 19.0. The van der Waals surface area contributed by atoms with Gasteiger partial charge < -0.3 is 15.5 Å². The van der Waals surface area contributed by atoms with E-state index in [4.69, 9.17) is 0 Å². The average molecular weight is 282 g/mol. The van der Waals surface area contributed by atoms with Crippen molar-refractivity contribution in [2.75, 3.05) is 32.8 Å². The van der Waals surface area contributed by atoms with Crippen molar-refractivity contribution in [3.63, 3.8) is 0 Å². The van der Waals surface area contributed by atoms with E-state index in [1.807, 2.05) is 13.8 Å². The Hall–Kier alpha value is -1.17. The second kappa shape index (κ2) is 6.08. The molecular weight excluding hydrogens is 259 g/mol. The summed E-state index contributed by atoms with van der Waals surface area (Å²) in [5.74, 6) is -0.498. The van der Waals surface area contributed by atoms with Crippen LogP contribution in [0.4, 0.5) is 4.39 Å². The number of hydrogen-bond acceptors (Lipinski definition) is 4. The minimum absolute atomic E-state index is 0.0259. The van der Waals surface area contributed by atoms with E-state index in [0.717, 1.165) is 32.2 Å². The number of nitrogens with one attached hydrogen (secondary N) is 1. The molecule has 20 heavy (non-hydrogen) atoms. The highest BCUT2D eigenvalue weighted by Gasteiger charge is 2.37. The Balaban J connectivity index is 2.39. The molecule has 0 spiro atoms. The summed E-state index contributed by atoms with van der Waals surface area (Å²) in [6.07, 6.45) is 0. The Labute approximate surface area is 119 Å². The Morgan fingerprint density at radius 2 is 2.00 bits per heavy atom. The van der Waals surface area contributed by atoms with Gasteiger partial charge in [0.1, 0.15) is 11.6 Å². The SMILES string of the molecule is CC(C)(CO)[C@@H](c1ccc(O)cc1F)N1CCNCC1. The van der Waals surface area contributed by atoms with E-state index >= 15 is 0 Å². The van der Waals surface area contributed by atoms with Crippen molar-refractivity contribution >= 4 is 0 Å². The zero-order valence-electron chi connectivity index (χ0n) is 12.1. The lowest BCUT2D eigenvalue weighted by atomic mass is 9.79. The van der Waals surface area contributed by atoms with Crippen molar-refractivity contribution in [3.8, 4) is 5.75 Å². The van der Waals surface area contributed by atoms with Gasteiger partial charge in [-0.05, 0) is 6.07 Å². The van der Waals surface area contributed by atoms with Gasteiger partial charge in [-0.15, -0.1) is 0 Å². The lowest BCUT2D eigenvalue weighted by Gasteiger charge is -2.43. The van der Waals surface area contributed by atoms with Crippen molar-refractivity contribution in [2.45, 2.75) is 19.9 Å². The van der Waals surface area contributed by atoms with Gasteiger partial charge in [0.2, 0.25) is 0 Å². The quantitative estimate of drug-likeness (QED) is 0.783. The lowest BCUT2D eigenvalue weighted by molar-refractivity contribution is 0.0286. The number of halogens is 1. The fraction of sp³-hybridized carbons (Fsp3) is 0.600. The maximum Gasteiger partial charge on any atom is 0.131 e. The Kier molecular flexibility index (Phi) is 4.62. The number of benzene rings is 1. The summed E-state index contributed by atoms with van der Waals surface area (Å²) in [5.41, 5.74) is 0.0681. The number of piperazine rings is 1. The highest BCUT2D eigenvalue weighted by molar-refractivity contribution is 5.31. The molecule has 1 aromatic rings. The van der Waals surface area contributed by atoms with E-state index in [2.05, 4.69) is 10.2 Å². The van der Waals surface area contributed by atoms with Gasteiger partial charge in [-0.2, -0.15) is 0 Å². The first-order valence-electron chi connectivity index (χ1n) is 7.00. The molecule has 1 aliphatic rings. The van der Waals surface area contributed by atoms with Crippen molar-refractivity contribution in [2.24, 2.45) is 5.41 Å². The molecular formula is C15H23FN2O2. The van der Waals surface area contributed by atoms with Crippen molar-refractivity contribution in [3.05, 3.63) is 29.6 Å². The van der Waals surface area contributed by atoms with E-state index < -0.39 is 11.2 Å². The standard InChI is InChI=1S/C15H23FN2O2/c1-15(2,10-19)14(18-7-5-17-6-8-18)12-4-3-11(20)9-13(12)16/h3-4,9,14,17,19-20H,5-8,10H2,1-2H3/t14-/m1/s1. The van der Waals surface area contributed by atoms with Crippen LogP contribution in [0.2, 0.25) is 0 Å². The van der Waals surface area contributed by atoms with Crippen molar-refractivity contribution in [1.29, 1.82) is 0 Å². The largest absolute Gasteiger partial charge is 0.508 e. The predicted molar refractivity (Wildman–Crippen MR) is 76.1 cm³/mol. The van der Waals surface area contributed by atoms with E-state index in [9.17, 15) is 14.6 Å². The first kappa shape index (κ1) is 15.2. The predicted octanol–water partition coefficient (Wildman–Crippen LogP) is 1.50. The van der Waals surface area contributed by atoms with Gasteiger partial charge in [0, 0.05) is 55.9 Å². The molecule has 5 heteroatoms. The van der Waals surface area contributed by atoms with Crippen LogP contribution in [0.3, 0.4) is 0 Å².